The molecule has 23 heavy (non-hydrogen) atoms. The zero-order chi connectivity index (χ0) is 16.2. The van der Waals surface area contributed by atoms with E-state index >= 15 is 0 Å². The molecule has 2 heterocycles. The van der Waals surface area contributed by atoms with Gasteiger partial charge >= 0.3 is 0 Å². The second-order valence-corrected chi connectivity index (χ2v) is 6.01. The van der Waals surface area contributed by atoms with Gasteiger partial charge in [0.05, 0.1) is 11.1 Å². The first-order valence-electron chi connectivity index (χ1n) is 8.02. The fraction of sp³-hybridized carbons (Fsp3) is 0.471. The SMILES string of the molecule is CNCC1CCCN(C(=O)c2ccccc2-c2nc(C)no2)C1. The van der Waals surface area contributed by atoms with Crippen LogP contribution in [0.2, 0.25) is 0 Å². The second-order valence-electron chi connectivity index (χ2n) is 6.01. The summed E-state index contributed by atoms with van der Waals surface area (Å²) in [7, 11) is 1.95. The van der Waals surface area contributed by atoms with Crippen LogP contribution in [0, 0.1) is 12.8 Å². The van der Waals surface area contributed by atoms with E-state index in [0.29, 0.717) is 28.8 Å². The lowest BCUT2D eigenvalue weighted by Crippen LogP contribution is -2.42. The molecule has 0 aliphatic carbocycles. The van der Waals surface area contributed by atoms with Crippen LogP contribution in [0.4, 0.5) is 0 Å². The molecule has 1 saturated heterocycles. The number of amides is 1. The smallest absolute Gasteiger partial charge is 0.258 e. The zero-order valence-corrected chi connectivity index (χ0v) is 13.6. The van der Waals surface area contributed by atoms with Gasteiger partial charge in [-0.15, -0.1) is 0 Å². The molecule has 122 valence electrons. The van der Waals surface area contributed by atoms with Gasteiger partial charge in [-0.2, -0.15) is 4.98 Å². The molecule has 0 spiro atoms. The Morgan fingerprint density at radius 3 is 3.00 bits per heavy atom. The summed E-state index contributed by atoms with van der Waals surface area (Å²) in [6, 6.07) is 7.44. The predicted octanol–water partition coefficient (Wildman–Crippen LogP) is 2.12. The summed E-state index contributed by atoms with van der Waals surface area (Å²) in [5.74, 6) is 1.51. The van der Waals surface area contributed by atoms with E-state index < -0.39 is 0 Å². The number of nitrogens with one attached hydrogen (secondary N) is 1. The molecule has 1 unspecified atom stereocenters. The van der Waals surface area contributed by atoms with Crippen molar-refractivity contribution in [1.82, 2.24) is 20.4 Å². The van der Waals surface area contributed by atoms with E-state index in [9.17, 15) is 4.79 Å². The van der Waals surface area contributed by atoms with Crippen molar-refractivity contribution in [2.45, 2.75) is 19.8 Å². The van der Waals surface area contributed by atoms with E-state index in [0.717, 1.165) is 32.5 Å². The van der Waals surface area contributed by atoms with Gasteiger partial charge in [-0.1, -0.05) is 17.3 Å². The summed E-state index contributed by atoms with van der Waals surface area (Å²) >= 11 is 0. The largest absolute Gasteiger partial charge is 0.338 e. The van der Waals surface area contributed by atoms with Crippen LogP contribution in [0.5, 0.6) is 0 Å². The van der Waals surface area contributed by atoms with Crippen LogP contribution >= 0.6 is 0 Å². The van der Waals surface area contributed by atoms with Gasteiger partial charge in [0, 0.05) is 13.1 Å². The van der Waals surface area contributed by atoms with Gasteiger partial charge in [0.25, 0.3) is 11.8 Å². The number of aromatic nitrogens is 2. The van der Waals surface area contributed by atoms with Gasteiger partial charge in [0.2, 0.25) is 0 Å². The quantitative estimate of drug-likeness (QED) is 0.936. The summed E-state index contributed by atoms with van der Waals surface area (Å²) in [5.41, 5.74) is 1.33. The molecule has 1 fully saturated rings. The first-order chi connectivity index (χ1) is 11.2. The Balaban J connectivity index is 1.85. The van der Waals surface area contributed by atoms with E-state index in [4.69, 9.17) is 4.52 Å². The Hall–Kier alpha value is -2.21. The summed E-state index contributed by atoms with van der Waals surface area (Å²) < 4.78 is 5.25. The van der Waals surface area contributed by atoms with Gasteiger partial charge in [-0.3, -0.25) is 4.79 Å². The van der Waals surface area contributed by atoms with Gasteiger partial charge in [0.15, 0.2) is 5.82 Å². The Bertz CT molecular complexity index is 681. The Kier molecular flexibility index (Phi) is 4.71. The molecule has 1 aliphatic heterocycles. The molecule has 1 atom stereocenters. The van der Waals surface area contributed by atoms with Crippen molar-refractivity contribution in [3.05, 3.63) is 35.7 Å². The van der Waals surface area contributed by atoms with Crippen LogP contribution in [0.3, 0.4) is 0 Å². The molecule has 1 N–H and O–H groups in total. The second kappa shape index (κ2) is 6.91. The van der Waals surface area contributed by atoms with Crippen molar-refractivity contribution in [1.29, 1.82) is 0 Å². The normalized spacial score (nSPS) is 18.2. The van der Waals surface area contributed by atoms with E-state index in [1.165, 1.54) is 0 Å². The highest BCUT2D eigenvalue weighted by atomic mass is 16.5. The monoisotopic (exact) mass is 314 g/mol. The number of nitrogens with zero attached hydrogens (tertiary/aromatic N) is 3. The highest BCUT2D eigenvalue weighted by Crippen LogP contribution is 2.25. The molecule has 0 saturated carbocycles. The lowest BCUT2D eigenvalue weighted by Gasteiger charge is -2.33. The number of aryl methyl sites for hydroxylation is 1. The molecule has 1 aromatic carbocycles. The first kappa shape index (κ1) is 15.7. The standard InChI is InChI=1S/C17H22N4O2/c1-12-19-16(23-20-12)14-7-3-4-8-15(14)17(22)21-9-5-6-13(11-21)10-18-2/h3-4,7-8,13,18H,5-6,9-11H2,1-2H3. The van der Waals surface area contributed by atoms with Crippen LogP contribution in [-0.4, -0.2) is 47.6 Å². The average molecular weight is 314 g/mol. The lowest BCUT2D eigenvalue weighted by molar-refractivity contribution is 0.0675. The summed E-state index contributed by atoms with van der Waals surface area (Å²) in [6.07, 6.45) is 2.20. The summed E-state index contributed by atoms with van der Waals surface area (Å²) in [6.45, 7) is 4.30. The first-order valence-corrected chi connectivity index (χ1v) is 8.02. The van der Waals surface area contributed by atoms with Gasteiger partial charge in [0.1, 0.15) is 0 Å². The third-order valence-electron chi connectivity index (χ3n) is 4.21. The molecule has 1 aromatic heterocycles. The zero-order valence-electron chi connectivity index (χ0n) is 13.6. The molecule has 1 amide bonds. The molecular weight excluding hydrogens is 292 g/mol. The van der Waals surface area contributed by atoms with E-state index in [2.05, 4.69) is 15.5 Å². The van der Waals surface area contributed by atoms with Gasteiger partial charge in [-0.05, 0) is 51.4 Å². The number of piperidine rings is 1. The van der Waals surface area contributed by atoms with E-state index in [-0.39, 0.29) is 5.91 Å². The minimum Gasteiger partial charge on any atom is -0.338 e. The number of carbonyl (C=O) groups is 1. The van der Waals surface area contributed by atoms with Crippen LogP contribution in [-0.2, 0) is 0 Å². The predicted molar refractivity (Wildman–Crippen MR) is 87.0 cm³/mol. The van der Waals surface area contributed by atoms with Crippen LogP contribution in [0.1, 0.15) is 29.0 Å². The third kappa shape index (κ3) is 3.42. The lowest BCUT2D eigenvalue weighted by atomic mass is 9.96. The number of carbonyl (C=O) groups excluding carboxylic acids is 1. The Labute approximate surface area is 135 Å². The highest BCUT2D eigenvalue weighted by Gasteiger charge is 2.26. The molecule has 3 rings (SSSR count). The number of hydrogen-bond donors (Lipinski definition) is 1. The fourth-order valence-electron chi connectivity index (χ4n) is 3.14. The number of hydrogen-bond acceptors (Lipinski definition) is 5. The summed E-state index contributed by atoms with van der Waals surface area (Å²) in [4.78, 5) is 19.2. The summed E-state index contributed by atoms with van der Waals surface area (Å²) in [5, 5.41) is 7.03. The van der Waals surface area contributed by atoms with Crippen molar-refractivity contribution < 1.29 is 9.32 Å². The minimum atomic E-state index is 0.0391. The van der Waals surface area contributed by atoms with E-state index in [1.807, 2.05) is 36.2 Å². The number of benzene rings is 1. The molecule has 6 nitrogen and oxygen atoms in total. The Morgan fingerprint density at radius 2 is 2.26 bits per heavy atom. The maximum atomic E-state index is 13.0. The van der Waals surface area contributed by atoms with Crippen molar-refractivity contribution >= 4 is 5.91 Å². The van der Waals surface area contributed by atoms with Crippen molar-refractivity contribution in [2.24, 2.45) is 5.92 Å². The molecule has 0 radical (unpaired) electrons. The van der Waals surface area contributed by atoms with Gasteiger partial charge in [-0.25, -0.2) is 0 Å². The Morgan fingerprint density at radius 1 is 1.43 bits per heavy atom. The third-order valence-corrected chi connectivity index (χ3v) is 4.21. The molecule has 1 aliphatic rings. The van der Waals surface area contributed by atoms with E-state index in [1.54, 1.807) is 6.92 Å². The van der Waals surface area contributed by atoms with Crippen LogP contribution < -0.4 is 5.32 Å². The van der Waals surface area contributed by atoms with Crippen molar-refractivity contribution in [2.75, 3.05) is 26.7 Å². The average Bonchev–Trinajstić information content (AvgIpc) is 3.01. The van der Waals surface area contributed by atoms with Crippen molar-refractivity contribution in [3.63, 3.8) is 0 Å². The van der Waals surface area contributed by atoms with Crippen LogP contribution in [0.15, 0.2) is 28.8 Å². The fourth-order valence-corrected chi connectivity index (χ4v) is 3.14. The number of rotatable bonds is 4. The highest BCUT2D eigenvalue weighted by molar-refractivity contribution is 6.00. The topological polar surface area (TPSA) is 71.3 Å². The van der Waals surface area contributed by atoms with Crippen molar-refractivity contribution in [3.8, 4) is 11.5 Å². The van der Waals surface area contributed by atoms with Crippen LogP contribution in [0.25, 0.3) is 11.5 Å². The number of likely N-dealkylation sites (tertiary alicyclic amines) is 1. The van der Waals surface area contributed by atoms with Gasteiger partial charge < -0.3 is 14.7 Å². The molecular formula is C17H22N4O2. The minimum absolute atomic E-state index is 0.0391. The molecule has 6 heteroatoms. The maximum Gasteiger partial charge on any atom is 0.258 e. The molecule has 0 bridgehead atoms. The molecule has 2 aromatic rings. The maximum absolute atomic E-state index is 13.0.